The van der Waals surface area contributed by atoms with Crippen LogP contribution >= 0.6 is 22.9 Å². The van der Waals surface area contributed by atoms with Crippen LogP contribution in [-0.2, 0) is 14.8 Å². The van der Waals surface area contributed by atoms with Crippen LogP contribution in [0.4, 0.5) is 10.1 Å². The van der Waals surface area contributed by atoms with Crippen molar-refractivity contribution in [3.63, 3.8) is 0 Å². The van der Waals surface area contributed by atoms with Crippen molar-refractivity contribution in [2.24, 2.45) is 5.92 Å². The highest BCUT2D eigenvalue weighted by molar-refractivity contribution is 7.89. The Balaban J connectivity index is 1.43. The molecular weight excluding hydrogens is 489 g/mol. The van der Waals surface area contributed by atoms with Gasteiger partial charge < -0.3 is 9.84 Å². The number of carbonyl (C=O) groups is 1. The summed E-state index contributed by atoms with van der Waals surface area (Å²) in [6.45, 7) is 1.96. The Hall–Kier alpha value is -2.53. The van der Waals surface area contributed by atoms with E-state index in [0.29, 0.717) is 18.5 Å². The van der Waals surface area contributed by atoms with Crippen LogP contribution < -0.4 is 5.32 Å². The number of benzene rings is 1. The summed E-state index contributed by atoms with van der Waals surface area (Å²) in [7, 11) is -3.85. The molecule has 0 saturated carbocycles. The van der Waals surface area contributed by atoms with Gasteiger partial charge in [0.15, 0.2) is 10.7 Å². The van der Waals surface area contributed by atoms with Gasteiger partial charge in [0.2, 0.25) is 15.9 Å². The fourth-order valence-corrected chi connectivity index (χ4v) is 6.17. The van der Waals surface area contributed by atoms with E-state index in [-0.39, 0.29) is 46.3 Å². The lowest BCUT2D eigenvalue weighted by Crippen LogP contribution is -2.41. The van der Waals surface area contributed by atoms with E-state index in [1.807, 2.05) is 17.5 Å². The van der Waals surface area contributed by atoms with E-state index in [1.54, 1.807) is 19.1 Å². The minimum atomic E-state index is -3.85. The third kappa shape index (κ3) is 5.19. The molecule has 0 radical (unpaired) electrons. The number of nitrogens with one attached hydrogen (secondary N) is 1. The first-order chi connectivity index (χ1) is 15.8. The highest BCUT2D eigenvalue weighted by atomic mass is 35.5. The highest BCUT2D eigenvalue weighted by Gasteiger charge is 2.36. The number of nitrogens with zero attached hydrogens (tertiary/aromatic N) is 2. The Kier molecular flexibility index (Phi) is 6.99. The van der Waals surface area contributed by atoms with Gasteiger partial charge in [0.25, 0.3) is 0 Å². The smallest absolute Gasteiger partial charge is 0.248 e. The zero-order valence-electron chi connectivity index (χ0n) is 17.6. The molecule has 11 heteroatoms. The molecule has 1 aliphatic heterocycles. The van der Waals surface area contributed by atoms with E-state index in [1.165, 1.54) is 33.8 Å². The molecule has 4 rings (SSSR count). The van der Waals surface area contributed by atoms with Crippen molar-refractivity contribution in [2.75, 3.05) is 18.4 Å². The van der Waals surface area contributed by atoms with Crippen molar-refractivity contribution >= 4 is 56.7 Å². The van der Waals surface area contributed by atoms with E-state index >= 15 is 0 Å². The Morgan fingerprint density at radius 1 is 1.30 bits per heavy atom. The van der Waals surface area contributed by atoms with Crippen LogP contribution in [0, 0.1) is 18.7 Å². The first kappa shape index (κ1) is 23.6. The first-order valence-electron chi connectivity index (χ1n) is 10.2. The van der Waals surface area contributed by atoms with Gasteiger partial charge in [-0.05, 0) is 61.6 Å². The van der Waals surface area contributed by atoms with Crippen LogP contribution in [0.3, 0.4) is 0 Å². The molecule has 0 unspecified atom stereocenters. The van der Waals surface area contributed by atoms with E-state index in [4.69, 9.17) is 16.1 Å². The van der Waals surface area contributed by atoms with Gasteiger partial charge >= 0.3 is 0 Å². The third-order valence-electron chi connectivity index (χ3n) is 5.39. The maximum Gasteiger partial charge on any atom is 0.248 e. The molecule has 1 fully saturated rings. The van der Waals surface area contributed by atoms with E-state index in [2.05, 4.69) is 10.5 Å². The van der Waals surface area contributed by atoms with Crippen LogP contribution in [0.2, 0.25) is 5.02 Å². The lowest BCUT2D eigenvalue weighted by Gasteiger charge is -2.30. The van der Waals surface area contributed by atoms with Gasteiger partial charge in [-0.1, -0.05) is 22.8 Å². The average molecular weight is 510 g/mol. The monoisotopic (exact) mass is 509 g/mol. The molecule has 1 amide bonds. The molecule has 1 aromatic carbocycles. The molecule has 2 aromatic heterocycles. The molecule has 1 N–H and O–H groups in total. The van der Waals surface area contributed by atoms with Crippen molar-refractivity contribution in [3.8, 4) is 0 Å². The van der Waals surface area contributed by atoms with Crippen LogP contribution in [0.25, 0.3) is 12.2 Å². The molecule has 3 heterocycles. The lowest BCUT2D eigenvalue weighted by molar-refractivity contribution is -0.120. The number of anilines is 1. The number of thiophene rings is 1. The predicted octanol–water partition coefficient (Wildman–Crippen LogP) is 5.05. The third-order valence-corrected chi connectivity index (χ3v) is 8.57. The molecule has 3 aromatic rings. The van der Waals surface area contributed by atoms with Gasteiger partial charge in [0.1, 0.15) is 11.5 Å². The van der Waals surface area contributed by atoms with Gasteiger partial charge in [0.05, 0.1) is 5.02 Å². The number of halogens is 2. The molecule has 7 nitrogen and oxygen atoms in total. The minimum Gasteiger partial charge on any atom is -0.355 e. The number of rotatable bonds is 6. The number of carbonyl (C=O) groups excluding carboxylic acids is 1. The molecule has 1 saturated heterocycles. The predicted molar refractivity (Wildman–Crippen MR) is 126 cm³/mol. The SMILES string of the molecule is Cc1noc(C=Cc2cccs2)c1S(=O)(=O)N1CCC(C(=O)Nc2ccc(F)c(Cl)c2)CC1. The van der Waals surface area contributed by atoms with Gasteiger partial charge in [-0.15, -0.1) is 11.3 Å². The number of hydrogen-bond donors (Lipinski definition) is 1. The highest BCUT2D eigenvalue weighted by Crippen LogP contribution is 2.30. The van der Waals surface area contributed by atoms with Crippen molar-refractivity contribution in [3.05, 3.63) is 62.9 Å². The summed E-state index contributed by atoms with van der Waals surface area (Å²) in [5, 5.41) is 8.41. The Morgan fingerprint density at radius 3 is 2.73 bits per heavy atom. The van der Waals surface area contributed by atoms with Crippen LogP contribution in [0.1, 0.15) is 29.2 Å². The maximum absolute atomic E-state index is 13.3. The molecule has 33 heavy (non-hydrogen) atoms. The molecular formula is C22H21ClFN3O4S2. The summed E-state index contributed by atoms with van der Waals surface area (Å²) in [5.41, 5.74) is 0.678. The fourth-order valence-electron chi connectivity index (χ4n) is 3.65. The summed E-state index contributed by atoms with van der Waals surface area (Å²) in [4.78, 5) is 13.6. The molecule has 1 aliphatic rings. The lowest BCUT2D eigenvalue weighted by atomic mass is 9.97. The number of amides is 1. The van der Waals surface area contributed by atoms with Crippen molar-refractivity contribution in [1.82, 2.24) is 9.46 Å². The fraction of sp³-hybridized carbons (Fsp3) is 0.273. The van der Waals surface area contributed by atoms with Gasteiger partial charge in [-0.2, -0.15) is 4.31 Å². The first-order valence-corrected chi connectivity index (χ1v) is 12.9. The number of hydrogen-bond acceptors (Lipinski definition) is 6. The maximum atomic E-state index is 13.3. The summed E-state index contributed by atoms with van der Waals surface area (Å²) >= 11 is 7.28. The summed E-state index contributed by atoms with van der Waals surface area (Å²) < 4.78 is 46.6. The summed E-state index contributed by atoms with van der Waals surface area (Å²) in [5.74, 6) is -1.02. The Bertz CT molecular complexity index is 1280. The molecule has 0 bridgehead atoms. The largest absolute Gasteiger partial charge is 0.355 e. The standard InChI is InChI=1S/C22H21ClFN3O4S2/c1-14-21(20(31-26-14)7-5-17-3-2-12-32-17)33(29,30)27-10-8-15(9-11-27)22(28)25-16-4-6-19(24)18(23)13-16/h2-7,12-13,15H,8-11H2,1H3,(H,25,28). The second-order valence-corrected chi connectivity index (χ2v) is 10.9. The zero-order valence-corrected chi connectivity index (χ0v) is 20.0. The van der Waals surface area contributed by atoms with Crippen molar-refractivity contribution in [1.29, 1.82) is 0 Å². The van der Waals surface area contributed by atoms with E-state index in [9.17, 15) is 17.6 Å². The second-order valence-electron chi connectivity index (χ2n) is 7.61. The van der Waals surface area contributed by atoms with Gasteiger partial charge in [-0.3, -0.25) is 4.79 Å². The van der Waals surface area contributed by atoms with Crippen LogP contribution in [-0.4, -0.2) is 36.9 Å². The topological polar surface area (TPSA) is 92.5 Å². The number of aromatic nitrogens is 1. The average Bonchev–Trinajstić information content (AvgIpc) is 3.44. The Labute approximate surface area is 199 Å². The Morgan fingerprint density at radius 2 is 2.06 bits per heavy atom. The molecule has 0 atom stereocenters. The van der Waals surface area contributed by atoms with E-state index < -0.39 is 15.8 Å². The minimum absolute atomic E-state index is 0.0409. The van der Waals surface area contributed by atoms with E-state index in [0.717, 1.165) is 4.88 Å². The molecule has 0 spiro atoms. The van der Waals surface area contributed by atoms with Gasteiger partial charge in [-0.25, -0.2) is 12.8 Å². The number of piperidine rings is 1. The van der Waals surface area contributed by atoms with Gasteiger partial charge in [0, 0.05) is 29.6 Å². The van der Waals surface area contributed by atoms with Crippen LogP contribution in [0.15, 0.2) is 45.1 Å². The second kappa shape index (κ2) is 9.76. The quantitative estimate of drug-likeness (QED) is 0.502. The molecule has 174 valence electrons. The van der Waals surface area contributed by atoms with Crippen molar-refractivity contribution < 1.29 is 22.1 Å². The number of aryl methyl sites for hydroxylation is 1. The van der Waals surface area contributed by atoms with Crippen LogP contribution in [0.5, 0.6) is 0 Å². The van der Waals surface area contributed by atoms with Crippen molar-refractivity contribution in [2.45, 2.75) is 24.7 Å². The molecule has 0 aliphatic carbocycles. The normalized spacial score (nSPS) is 15.8. The summed E-state index contributed by atoms with van der Waals surface area (Å²) in [6, 6.07) is 7.76. The zero-order chi connectivity index (χ0) is 23.6. The number of sulfonamides is 1. The summed E-state index contributed by atoms with van der Waals surface area (Å²) in [6.07, 6.45) is 4.09.